The molecule has 0 spiro atoms. The first-order chi connectivity index (χ1) is 16.9. The van der Waals surface area contributed by atoms with E-state index < -0.39 is 15.1 Å². The second kappa shape index (κ2) is 8.35. The number of hydrogen-bond donors (Lipinski definition) is 0. The number of hydrogen-bond acceptors (Lipinski definition) is 8. The molecule has 9 heteroatoms. The van der Waals surface area contributed by atoms with Crippen molar-refractivity contribution in [2.45, 2.75) is 42.8 Å². The van der Waals surface area contributed by atoms with Crippen molar-refractivity contribution in [1.82, 2.24) is 19.9 Å². The third-order valence-corrected chi connectivity index (χ3v) is 9.45. The van der Waals surface area contributed by atoms with E-state index in [2.05, 4.69) is 9.97 Å². The van der Waals surface area contributed by atoms with Crippen LogP contribution < -0.4 is 4.74 Å². The molecule has 0 aliphatic heterocycles. The number of benzene rings is 1. The van der Waals surface area contributed by atoms with Gasteiger partial charge in [0, 0.05) is 36.1 Å². The van der Waals surface area contributed by atoms with Crippen molar-refractivity contribution in [1.29, 1.82) is 0 Å². The Morgan fingerprint density at radius 2 is 1.77 bits per heavy atom. The molecule has 1 fully saturated rings. The van der Waals surface area contributed by atoms with Crippen LogP contribution in [0.5, 0.6) is 11.6 Å². The number of nitrogens with zero attached hydrogens (tertiary/aromatic N) is 4. The first-order valence-electron chi connectivity index (χ1n) is 11.4. The van der Waals surface area contributed by atoms with E-state index in [0.717, 1.165) is 20.8 Å². The molecular weight excluding hydrogens is 480 g/mol. The third-order valence-electron chi connectivity index (χ3n) is 6.07. The smallest absolute Gasteiger partial charge is 0.230 e. The molecule has 35 heavy (non-hydrogen) atoms. The van der Waals surface area contributed by atoms with E-state index in [1.54, 1.807) is 43.6 Å². The Labute approximate surface area is 206 Å². The number of ether oxygens (including phenoxy) is 1. The van der Waals surface area contributed by atoms with E-state index in [4.69, 9.17) is 14.7 Å². The maximum absolute atomic E-state index is 13.2. The minimum Gasteiger partial charge on any atom is -0.438 e. The number of sulfone groups is 1. The molecule has 0 bridgehead atoms. The fourth-order valence-electron chi connectivity index (χ4n) is 3.95. The van der Waals surface area contributed by atoms with Crippen LogP contribution in [0.2, 0.25) is 0 Å². The van der Waals surface area contributed by atoms with Crippen LogP contribution in [-0.2, 0) is 9.84 Å². The Morgan fingerprint density at radius 1 is 0.971 bits per heavy atom. The molecule has 1 aliphatic carbocycles. The van der Waals surface area contributed by atoms with Gasteiger partial charge in [0.25, 0.3) is 0 Å². The van der Waals surface area contributed by atoms with E-state index in [-0.39, 0.29) is 10.8 Å². The van der Waals surface area contributed by atoms with Gasteiger partial charge in [0.2, 0.25) is 5.88 Å². The molecule has 1 saturated carbocycles. The summed E-state index contributed by atoms with van der Waals surface area (Å²) in [6.07, 6.45) is 7.27. The van der Waals surface area contributed by atoms with E-state index in [0.29, 0.717) is 28.3 Å². The van der Waals surface area contributed by atoms with Crippen LogP contribution in [-0.4, -0.2) is 33.6 Å². The summed E-state index contributed by atoms with van der Waals surface area (Å²) in [5.74, 6) is 1.35. The number of pyridine rings is 3. The summed E-state index contributed by atoms with van der Waals surface area (Å²) in [7, 11) is -3.61. The molecule has 6 rings (SSSR count). The Balaban J connectivity index is 1.53. The summed E-state index contributed by atoms with van der Waals surface area (Å²) < 4.78 is 33.8. The van der Waals surface area contributed by atoms with Gasteiger partial charge in [-0.05, 0) is 63.1 Å². The highest BCUT2D eigenvalue weighted by molar-refractivity contribution is 7.92. The molecular formula is C26H22N4O3S2. The van der Waals surface area contributed by atoms with Crippen molar-refractivity contribution in [2.24, 2.45) is 0 Å². The molecule has 4 aromatic heterocycles. The van der Waals surface area contributed by atoms with Crippen LogP contribution in [0.15, 0.2) is 66.0 Å². The van der Waals surface area contributed by atoms with Gasteiger partial charge in [-0.25, -0.2) is 18.4 Å². The van der Waals surface area contributed by atoms with Gasteiger partial charge in [-0.2, -0.15) is 0 Å². The van der Waals surface area contributed by atoms with Gasteiger partial charge in [0.1, 0.15) is 5.75 Å². The van der Waals surface area contributed by atoms with Crippen LogP contribution in [0.4, 0.5) is 0 Å². The lowest BCUT2D eigenvalue weighted by Gasteiger charge is -2.15. The van der Waals surface area contributed by atoms with Crippen molar-refractivity contribution in [3.8, 4) is 22.9 Å². The normalized spacial score (nSPS) is 14.1. The Kier molecular flexibility index (Phi) is 5.26. The lowest BCUT2D eigenvalue weighted by Crippen LogP contribution is -2.15. The zero-order valence-corrected chi connectivity index (χ0v) is 20.8. The fraction of sp³-hybridized carbons (Fsp3) is 0.231. The fourth-order valence-corrected chi connectivity index (χ4v) is 6.35. The maximum atomic E-state index is 13.2. The highest BCUT2D eigenvalue weighted by atomic mass is 32.2. The van der Waals surface area contributed by atoms with Crippen LogP contribution in [0.3, 0.4) is 0 Å². The average Bonchev–Trinajstić information content (AvgIpc) is 3.63. The third kappa shape index (κ3) is 4.04. The number of aromatic nitrogens is 4. The van der Waals surface area contributed by atoms with E-state index in [1.165, 1.54) is 25.1 Å². The van der Waals surface area contributed by atoms with E-state index in [1.807, 2.05) is 30.3 Å². The second-order valence-electron chi connectivity index (χ2n) is 8.90. The molecule has 0 atom stereocenters. The predicted molar refractivity (Wildman–Crippen MR) is 137 cm³/mol. The summed E-state index contributed by atoms with van der Waals surface area (Å²) in [6.45, 7) is 3.33. The monoisotopic (exact) mass is 502 g/mol. The molecule has 0 amide bonds. The molecule has 0 saturated heterocycles. The summed E-state index contributed by atoms with van der Waals surface area (Å²) in [5, 5.41) is 0.937. The molecule has 7 nitrogen and oxygen atoms in total. The Hall–Kier alpha value is -3.43. The van der Waals surface area contributed by atoms with Gasteiger partial charge in [-0.1, -0.05) is 0 Å². The summed E-state index contributed by atoms with van der Waals surface area (Å²) in [6, 6.07) is 12.7. The largest absolute Gasteiger partial charge is 0.438 e. The quantitative estimate of drug-likeness (QED) is 0.275. The van der Waals surface area contributed by atoms with Crippen molar-refractivity contribution in [2.75, 3.05) is 0 Å². The van der Waals surface area contributed by atoms with Crippen molar-refractivity contribution >= 4 is 42.3 Å². The molecule has 1 aliphatic rings. The molecule has 176 valence electrons. The number of rotatable bonds is 6. The first kappa shape index (κ1) is 22.1. The van der Waals surface area contributed by atoms with E-state index in [9.17, 15) is 8.42 Å². The van der Waals surface area contributed by atoms with Gasteiger partial charge >= 0.3 is 0 Å². The van der Waals surface area contributed by atoms with Gasteiger partial charge in [0.15, 0.2) is 9.84 Å². The molecule has 4 heterocycles. The summed E-state index contributed by atoms with van der Waals surface area (Å²) in [5.41, 5.74) is 2.89. The van der Waals surface area contributed by atoms with Crippen LogP contribution >= 0.6 is 11.3 Å². The Morgan fingerprint density at radius 3 is 2.51 bits per heavy atom. The minimum atomic E-state index is -3.61. The first-order valence-corrected chi connectivity index (χ1v) is 13.8. The van der Waals surface area contributed by atoms with Crippen molar-refractivity contribution in [3.63, 3.8) is 0 Å². The predicted octanol–water partition coefficient (Wildman–Crippen LogP) is 6.15. The maximum Gasteiger partial charge on any atom is 0.230 e. The van der Waals surface area contributed by atoms with Gasteiger partial charge in [-0.15, -0.1) is 11.3 Å². The number of thiazole rings is 1. The van der Waals surface area contributed by atoms with Gasteiger partial charge in [-0.3, -0.25) is 9.97 Å². The van der Waals surface area contributed by atoms with Gasteiger partial charge < -0.3 is 4.74 Å². The second-order valence-corrected chi connectivity index (χ2v) is 12.4. The van der Waals surface area contributed by atoms with Gasteiger partial charge in [0.05, 0.1) is 42.0 Å². The SMILES string of the molecule is CC(C)S(=O)(=O)c1ccnc2cc(-c3ccncc3)nc(Oc3ccc4nc(C5CC5)sc4c3)c12. The van der Waals surface area contributed by atoms with Crippen LogP contribution in [0.1, 0.15) is 37.6 Å². The van der Waals surface area contributed by atoms with Crippen LogP contribution in [0, 0.1) is 0 Å². The highest BCUT2D eigenvalue weighted by Gasteiger charge is 2.28. The minimum absolute atomic E-state index is 0.163. The van der Waals surface area contributed by atoms with Crippen molar-refractivity contribution in [3.05, 3.63) is 66.1 Å². The van der Waals surface area contributed by atoms with E-state index >= 15 is 0 Å². The molecule has 1 aromatic carbocycles. The lowest BCUT2D eigenvalue weighted by atomic mass is 10.1. The molecule has 0 unspecified atom stereocenters. The van der Waals surface area contributed by atoms with Crippen molar-refractivity contribution < 1.29 is 13.2 Å². The zero-order valence-electron chi connectivity index (χ0n) is 19.2. The number of fused-ring (bicyclic) bond motifs is 2. The lowest BCUT2D eigenvalue weighted by molar-refractivity contribution is 0.469. The summed E-state index contributed by atoms with van der Waals surface area (Å²) >= 11 is 1.68. The highest BCUT2D eigenvalue weighted by Crippen LogP contribution is 2.44. The summed E-state index contributed by atoms with van der Waals surface area (Å²) in [4.78, 5) is 18.2. The molecule has 5 aromatic rings. The van der Waals surface area contributed by atoms with Crippen LogP contribution in [0.25, 0.3) is 32.4 Å². The molecule has 0 radical (unpaired) electrons. The molecule has 0 N–H and O–H groups in total. The topological polar surface area (TPSA) is 94.9 Å². The zero-order chi connectivity index (χ0) is 24.2. The Bertz CT molecular complexity index is 1680. The standard InChI is InChI=1S/C26H22N4O3S2/c1-15(2)35(31,32)23-9-12-28-21-14-20(16-7-10-27-11-8-16)29-25(24(21)23)33-18-5-6-19-22(13-18)34-26(30-19)17-3-4-17/h5-15,17H,3-4H2,1-2H3. The average molecular weight is 503 g/mol.